The normalized spacial score (nSPS) is 15.3. The number of anilines is 1. The van der Waals surface area contributed by atoms with Gasteiger partial charge >= 0.3 is 5.76 Å². The number of amides is 1. The van der Waals surface area contributed by atoms with Crippen LogP contribution in [0.2, 0.25) is 0 Å². The van der Waals surface area contributed by atoms with Crippen LogP contribution in [0.25, 0.3) is 11.1 Å². The van der Waals surface area contributed by atoms with Gasteiger partial charge in [-0.25, -0.2) is 13.2 Å². The van der Waals surface area contributed by atoms with Gasteiger partial charge in [0.15, 0.2) is 5.58 Å². The Hall–Kier alpha value is -2.96. The molecule has 3 aromatic rings. The lowest BCUT2D eigenvalue weighted by atomic mass is 10.2. The lowest BCUT2D eigenvalue weighted by Gasteiger charge is -2.37. The van der Waals surface area contributed by atoms with Gasteiger partial charge in [0, 0.05) is 51.0 Å². The van der Waals surface area contributed by atoms with Crippen molar-refractivity contribution < 1.29 is 22.4 Å². The summed E-state index contributed by atoms with van der Waals surface area (Å²) < 4.78 is 40.7. The summed E-state index contributed by atoms with van der Waals surface area (Å²) in [6.45, 7) is 2.22. The summed E-state index contributed by atoms with van der Waals surface area (Å²) in [4.78, 5) is 29.0. The van der Waals surface area contributed by atoms with Crippen LogP contribution >= 0.6 is 11.8 Å². The molecule has 2 aromatic carbocycles. The zero-order valence-electron chi connectivity index (χ0n) is 20.5. The molecule has 2 heterocycles. The molecule has 0 bridgehead atoms. The number of carbonyl (C=O) groups is 1. The summed E-state index contributed by atoms with van der Waals surface area (Å²) in [5.74, 6) is 0.569. The van der Waals surface area contributed by atoms with E-state index in [1.807, 2.05) is 30.5 Å². The maximum Gasteiger partial charge on any atom is 0.419 e. The molecule has 194 valence electrons. The quantitative estimate of drug-likeness (QED) is 0.443. The zero-order valence-corrected chi connectivity index (χ0v) is 22.1. The lowest BCUT2D eigenvalue weighted by molar-refractivity contribution is -0.133. The number of nitrogens with zero attached hydrogens (tertiary/aromatic N) is 3. The van der Waals surface area contributed by atoms with Crippen LogP contribution in [0.1, 0.15) is 6.42 Å². The van der Waals surface area contributed by atoms with Crippen molar-refractivity contribution in [1.29, 1.82) is 0 Å². The van der Waals surface area contributed by atoms with E-state index in [9.17, 15) is 18.0 Å². The number of methoxy groups -OCH3 is 1. The molecule has 1 fully saturated rings. The molecule has 1 N–H and O–H groups in total. The lowest BCUT2D eigenvalue weighted by Crippen LogP contribution is -2.55. The molecule has 0 radical (unpaired) electrons. The molecule has 1 saturated heterocycles. The van der Waals surface area contributed by atoms with Crippen LogP contribution in [0, 0.1) is 0 Å². The summed E-state index contributed by atoms with van der Waals surface area (Å²) in [6, 6.07) is 11.1. The van der Waals surface area contributed by atoms with Crippen molar-refractivity contribution in [2.24, 2.45) is 7.05 Å². The maximum absolute atomic E-state index is 13.4. The molecule has 0 saturated carbocycles. The first-order valence-corrected chi connectivity index (χ1v) is 14.4. The second kappa shape index (κ2) is 11.0. The monoisotopic (exact) mass is 534 g/mol. The number of piperazine rings is 1. The molecule has 1 atom stereocenters. The number of benzene rings is 2. The largest absolute Gasteiger partial charge is 0.497 e. The number of sulfonamides is 1. The Morgan fingerprint density at radius 1 is 1.17 bits per heavy atom. The highest BCUT2D eigenvalue weighted by atomic mass is 32.2. The molecule has 36 heavy (non-hydrogen) atoms. The summed E-state index contributed by atoms with van der Waals surface area (Å²) in [5, 5.41) is 0. The number of aromatic nitrogens is 1. The van der Waals surface area contributed by atoms with E-state index in [1.165, 1.54) is 22.8 Å². The van der Waals surface area contributed by atoms with Crippen molar-refractivity contribution in [3.63, 3.8) is 0 Å². The Kier molecular flexibility index (Phi) is 7.96. The van der Waals surface area contributed by atoms with Crippen LogP contribution in [0.5, 0.6) is 5.75 Å². The average molecular weight is 535 g/mol. The van der Waals surface area contributed by atoms with Gasteiger partial charge in [-0.05, 0) is 42.7 Å². The number of ether oxygens (including phenoxy) is 1. The number of hydrogen-bond acceptors (Lipinski definition) is 8. The number of hydrogen-bond donors (Lipinski definition) is 1. The SMILES string of the molecule is COc1cccc(N2CCN(C(=O)C(CCSC)NS(=O)(=O)c3ccc4c(c3)oc(=O)n4C)CC2)c1. The predicted octanol–water partition coefficient (Wildman–Crippen LogP) is 1.89. The number of rotatable bonds is 9. The van der Waals surface area contributed by atoms with E-state index < -0.39 is 21.8 Å². The van der Waals surface area contributed by atoms with Crippen LogP contribution in [0.15, 0.2) is 56.6 Å². The Labute approximate surface area is 214 Å². The second-order valence-electron chi connectivity index (χ2n) is 8.53. The van der Waals surface area contributed by atoms with Crippen LogP contribution in [0.4, 0.5) is 5.69 Å². The van der Waals surface area contributed by atoms with Crippen molar-refractivity contribution >= 4 is 44.5 Å². The molecule has 1 aromatic heterocycles. The van der Waals surface area contributed by atoms with Gasteiger partial charge < -0.3 is 19.0 Å². The number of thioether (sulfide) groups is 1. The van der Waals surface area contributed by atoms with Gasteiger partial charge in [0.05, 0.1) is 17.5 Å². The number of aryl methyl sites for hydroxylation is 1. The van der Waals surface area contributed by atoms with Crippen molar-refractivity contribution in [2.75, 3.05) is 50.2 Å². The fourth-order valence-electron chi connectivity index (χ4n) is 4.22. The Balaban J connectivity index is 1.47. The van der Waals surface area contributed by atoms with Gasteiger partial charge in [-0.15, -0.1) is 0 Å². The summed E-state index contributed by atoms with van der Waals surface area (Å²) in [5.41, 5.74) is 1.68. The third-order valence-electron chi connectivity index (χ3n) is 6.29. The molecular formula is C24H30N4O6S2. The van der Waals surface area contributed by atoms with Crippen molar-refractivity contribution in [2.45, 2.75) is 17.4 Å². The van der Waals surface area contributed by atoms with E-state index >= 15 is 0 Å². The van der Waals surface area contributed by atoms with Crippen LogP contribution in [-0.2, 0) is 21.9 Å². The predicted molar refractivity (Wildman–Crippen MR) is 140 cm³/mol. The molecule has 10 nitrogen and oxygen atoms in total. The van der Waals surface area contributed by atoms with Crippen molar-refractivity contribution in [1.82, 2.24) is 14.2 Å². The van der Waals surface area contributed by atoms with Gasteiger partial charge in [0.25, 0.3) is 0 Å². The molecule has 1 aliphatic heterocycles. The highest BCUT2D eigenvalue weighted by molar-refractivity contribution is 7.98. The zero-order chi connectivity index (χ0) is 25.9. The first-order valence-electron chi connectivity index (χ1n) is 11.5. The molecule has 1 unspecified atom stereocenters. The molecule has 0 spiro atoms. The molecule has 12 heteroatoms. The van der Waals surface area contributed by atoms with Crippen LogP contribution in [-0.4, -0.2) is 75.1 Å². The number of fused-ring (bicyclic) bond motifs is 1. The van der Waals surface area contributed by atoms with Crippen molar-refractivity contribution in [3.05, 3.63) is 53.0 Å². The number of nitrogens with one attached hydrogen (secondary N) is 1. The Morgan fingerprint density at radius 2 is 1.92 bits per heavy atom. The van der Waals surface area contributed by atoms with Gasteiger partial charge in [-0.1, -0.05) is 6.07 Å². The van der Waals surface area contributed by atoms with Gasteiger partial charge in [-0.3, -0.25) is 9.36 Å². The maximum atomic E-state index is 13.4. The van der Waals surface area contributed by atoms with Gasteiger partial charge in [0.2, 0.25) is 15.9 Å². The first-order chi connectivity index (χ1) is 17.2. The van der Waals surface area contributed by atoms with Gasteiger partial charge in [0.1, 0.15) is 11.8 Å². The molecule has 0 aliphatic carbocycles. The topological polar surface area (TPSA) is 114 Å². The smallest absolute Gasteiger partial charge is 0.419 e. The van der Waals surface area contributed by atoms with E-state index in [0.29, 0.717) is 43.9 Å². The highest BCUT2D eigenvalue weighted by Crippen LogP contribution is 2.23. The van der Waals surface area contributed by atoms with E-state index in [-0.39, 0.29) is 16.4 Å². The van der Waals surface area contributed by atoms with E-state index in [0.717, 1.165) is 11.4 Å². The molecule has 1 amide bonds. The number of oxazole rings is 1. The minimum atomic E-state index is -4.03. The fraction of sp³-hybridized carbons (Fsp3) is 0.417. The van der Waals surface area contributed by atoms with Crippen LogP contribution < -0.4 is 20.1 Å². The van der Waals surface area contributed by atoms with Crippen molar-refractivity contribution in [3.8, 4) is 5.75 Å². The minimum absolute atomic E-state index is 0.0610. The van der Waals surface area contributed by atoms with Gasteiger partial charge in [-0.2, -0.15) is 16.5 Å². The fourth-order valence-corrected chi connectivity index (χ4v) is 5.93. The molecule has 4 rings (SSSR count). The number of carbonyl (C=O) groups excluding carboxylic acids is 1. The standard InChI is InChI=1S/C24H30N4O6S2/c1-26-21-8-7-19(16-22(21)34-24(26)30)36(31,32)25-20(9-14-35-3)23(29)28-12-10-27(11-13-28)17-5-4-6-18(15-17)33-2/h4-8,15-16,20,25H,9-14H2,1-3H3. The molecular weight excluding hydrogens is 504 g/mol. The third-order valence-corrected chi connectivity index (χ3v) is 8.40. The van der Waals surface area contributed by atoms with E-state index in [2.05, 4.69) is 9.62 Å². The van der Waals surface area contributed by atoms with E-state index in [4.69, 9.17) is 9.15 Å². The Morgan fingerprint density at radius 3 is 2.61 bits per heavy atom. The molecule has 1 aliphatic rings. The summed E-state index contributed by atoms with van der Waals surface area (Å²) >= 11 is 1.55. The first kappa shape index (κ1) is 26.1. The second-order valence-corrected chi connectivity index (χ2v) is 11.2. The minimum Gasteiger partial charge on any atom is -0.497 e. The Bertz CT molecular complexity index is 1390. The third kappa shape index (κ3) is 5.55. The summed E-state index contributed by atoms with van der Waals surface area (Å²) in [7, 11) is -0.861. The highest BCUT2D eigenvalue weighted by Gasteiger charge is 2.31. The van der Waals surface area contributed by atoms with Crippen LogP contribution in [0.3, 0.4) is 0 Å². The summed E-state index contributed by atoms with van der Waals surface area (Å²) in [6.07, 6.45) is 2.27. The average Bonchev–Trinajstić information content (AvgIpc) is 3.18. The van der Waals surface area contributed by atoms with E-state index in [1.54, 1.807) is 30.8 Å².